The Morgan fingerprint density at radius 3 is 2.76 bits per heavy atom. The molecule has 1 N–H and O–H groups in total. The van der Waals surface area contributed by atoms with Crippen LogP contribution in [0.2, 0.25) is 0 Å². The van der Waals surface area contributed by atoms with Crippen molar-refractivity contribution < 1.29 is 19.4 Å². The third kappa shape index (κ3) is 3.97. The zero-order chi connectivity index (χ0) is 15.4. The summed E-state index contributed by atoms with van der Waals surface area (Å²) in [4.78, 5) is 24.9. The van der Waals surface area contributed by atoms with Gasteiger partial charge in [-0.15, -0.1) is 0 Å². The van der Waals surface area contributed by atoms with Crippen molar-refractivity contribution in [3.63, 3.8) is 0 Å². The van der Waals surface area contributed by atoms with Crippen molar-refractivity contribution in [3.05, 3.63) is 28.7 Å². The maximum atomic E-state index is 12.1. The number of hydrogen-bond acceptors (Lipinski definition) is 3. The molecule has 6 heteroatoms. The Morgan fingerprint density at radius 2 is 2.14 bits per heavy atom. The average Bonchev–Trinajstić information content (AvgIpc) is 2.45. The minimum Gasteiger partial charge on any atom is -0.483 e. The number of piperidine rings is 1. The van der Waals surface area contributed by atoms with Gasteiger partial charge in [-0.25, -0.2) is 0 Å². The van der Waals surface area contributed by atoms with E-state index in [2.05, 4.69) is 15.9 Å². The SMILES string of the molecule is CC1CN(C(=O)COc2ccccc2Br)CCC1C(=O)O. The number of para-hydroxylation sites is 1. The second-order valence-corrected chi connectivity index (χ2v) is 6.12. The summed E-state index contributed by atoms with van der Waals surface area (Å²) in [5, 5.41) is 9.08. The molecule has 21 heavy (non-hydrogen) atoms. The average molecular weight is 356 g/mol. The Labute approximate surface area is 132 Å². The number of halogens is 1. The van der Waals surface area contributed by atoms with Crippen LogP contribution in [0.4, 0.5) is 0 Å². The third-order valence-electron chi connectivity index (χ3n) is 3.76. The fraction of sp³-hybridized carbons (Fsp3) is 0.467. The first kappa shape index (κ1) is 15.8. The molecule has 0 radical (unpaired) electrons. The van der Waals surface area contributed by atoms with E-state index in [1.54, 1.807) is 11.0 Å². The van der Waals surface area contributed by atoms with Crippen molar-refractivity contribution in [2.24, 2.45) is 11.8 Å². The Morgan fingerprint density at radius 1 is 1.43 bits per heavy atom. The molecule has 114 valence electrons. The van der Waals surface area contributed by atoms with Gasteiger partial charge in [-0.3, -0.25) is 9.59 Å². The fourth-order valence-corrected chi connectivity index (χ4v) is 2.93. The maximum Gasteiger partial charge on any atom is 0.306 e. The number of aliphatic carboxylic acids is 1. The van der Waals surface area contributed by atoms with Gasteiger partial charge in [0.1, 0.15) is 5.75 Å². The number of ether oxygens (including phenoxy) is 1. The van der Waals surface area contributed by atoms with Crippen LogP contribution in [0, 0.1) is 11.8 Å². The first-order valence-corrected chi connectivity index (χ1v) is 7.66. The topological polar surface area (TPSA) is 66.8 Å². The largest absolute Gasteiger partial charge is 0.483 e. The Bertz CT molecular complexity index is 534. The molecule has 0 spiro atoms. The maximum absolute atomic E-state index is 12.1. The number of likely N-dealkylation sites (tertiary alicyclic amines) is 1. The number of carboxylic acid groups (broad SMARTS) is 1. The van der Waals surface area contributed by atoms with E-state index in [1.165, 1.54) is 0 Å². The summed E-state index contributed by atoms with van der Waals surface area (Å²) in [6.45, 7) is 2.77. The highest BCUT2D eigenvalue weighted by Gasteiger charge is 2.32. The normalized spacial score (nSPS) is 21.9. The third-order valence-corrected chi connectivity index (χ3v) is 4.42. The van der Waals surface area contributed by atoms with E-state index in [4.69, 9.17) is 9.84 Å². The molecule has 0 saturated carbocycles. The first-order chi connectivity index (χ1) is 9.99. The lowest BCUT2D eigenvalue weighted by molar-refractivity contribution is -0.148. The molecular weight excluding hydrogens is 338 g/mol. The van der Waals surface area contributed by atoms with Crippen molar-refractivity contribution in [1.29, 1.82) is 0 Å². The van der Waals surface area contributed by atoms with Gasteiger partial charge in [0.05, 0.1) is 10.4 Å². The molecule has 1 aliphatic heterocycles. The molecule has 0 aromatic heterocycles. The van der Waals surface area contributed by atoms with Crippen LogP contribution >= 0.6 is 15.9 Å². The summed E-state index contributed by atoms with van der Waals surface area (Å²) in [6, 6.07) is 7.35. The molecule has 5 nitrogen and oxygen atoms in total. The highest BCUT2D eigenvalue weighted by molar-refractivity contribution is 9.10. The zero-order valence-corrected chi connectivity index (χ0v) is 13.4. The lowest BCUT2D eigenvalue weighted by Crippen LogP contribution is -2.46. The molecule has 1 aromatic carbocycles. The number of carbonyl (C=O) groups excluding carboxylic acids is 1. The standard InChI is InChI=1S/C15H18BrNO4/c1-10-8-17(7-6-11(10)15(19)20)14(18)9-21-13-5-3-2-4-12(13)16/h2-5,10-11H,6-9H2,1H3,(H,19,20). The predicted octanol–water partition coefficient (Wildman–Crippen LogP) is 2.40. The monoisotopic (exact) mass is 355 g/mol. The van der Waals surface area contributed by atoms with Gasteiger partial charge in [-0.05, 0) is 40.4 Å². The summed E-state index contributed by atoms with van der Waals surface area (Å²) >= 11 is 3.36. The predicted molar refractivity (Wildman–Crippen MR) is 81.1 cm³/mol. The van der Waals surface area contributed by atoms with Gasteiger partial charge in [0, 0.05) is 13.1 Å². The van der Waals surface area contributed by atoms with E-state index in [1.807, 2.05) is 25.1 Å². The van der Waals surface area contributed by atoms with Gasteiger partial charge in [-0.1, -0.05) is 19.1 Å². The molecule has 1 amide bonds. The lowest BCUT2D eigenvalue weighted by atomic mass is 9.87. The second kappa shape index (κ2) is 6.93. The van der Waals surface area contributed by atoms with Crippen molar-refractivity contribution in [1.82, 2.24) is 4.90 Å². The Hall–Kier alpha value is -1.56. The van der Waals surface area contributed by atoms with Crippen molar-refractivity contribution in [3.8, 4) is 5.75 Å². The molecule has 0 bridgehead atoms. The van der Waals surface area contributed by atoms with E-state index < -0.39 is 5.97 Å². The van der Waals surface area contributed by atoms with Gasteiger partial charge in [0.25, 0.3) is 5.91 Å². The summed E-state index contributed by atoms with van der Waals surface area (Å²) < 4.78 is 6.31. The molecule has 1 fully saturated rings. The summed E-state index contributed by atoms with van der Waals surface area (Å²) in [5.74, 6) is -0.665. The van der Waals surface area contributed by atoms with Crippen LogP contribution in [0.1, 0.15) is 13.3 Å². The molecule has 2 unspecified atom stereocenters. The van der Waals surface area contributed by atoms with Crippen LogP contribution < -0.4 is 4.74 Å². The summed E-state index contributed by atoms with van der Waals surface area (Å²) in [5.41, 5.74) is 0. The Kier molecular flexibility index (Phi) is 5.22. The number of benzene rings is 1. The quantitative estimate of drug-likeness (QED) is 0.900. The van der Waals surface area contributed by atoms with Crippen LogP contribution in [0.25, 0.3) is 0 Å². The molecule has 2 rings (SSSR count). The highest BCUT2D eigenvalue weighted by Crippen LogP contribution is 2.25. The molecule has 1 saturated heterocycles. The summed E-state index contributed by atoms with van der Waals surface area (Å²) in [7, 11) is 0. The van der Waals surface area contributed by atoms with Crippen LogP contribution in [0.3, 0.4) is 0 Å². The molecule has 1 aromatic rings. The fourth-order valence-electron chi connectivity index (χ4n) is 2.53. The van der Waals surface area contributed by atoms with Gasteiger partial charge in [-0.2, -0.15) is 0 Å². The van der Waals surface area contributed by atoms with E-state index in [0.29, 0.717) is 25.3 Å². The van der Waals surface area contributed by atoms with Crippen molar-refractivity contribution in [2.45, 2.75) is 13.3 Å². The number of hydrogen-bond donors (Lipinski definition) is 1. The van der Waals surface area contributed by atoms with Crippen LogP contribution in [-0.2, 0) is 9.59 Å². The minimum absolute atomic E-state index is 0.0347. The van der Waals surface area contributed by atoms with Gasteiger partial charge >= 0.3 is 5.97 Å². The van der Waals surface area contributed by atoms with Crippen molar-refractivity contribution >= 4 is 27.8 Å². The summed E-state index contributed by atoms with van der Waals surface area (Å²) in [6.07, 6.45) is 0.497. The van der Waals surface area contributed by atoms with Crippen LogP contribution in [0.15, 0.2) is 28.7 Å². The van der Waals surface area contributed by atoms with E-state index in [-0.39, 0.29) is 24.3 Å². The number of rotatable bonds is 4. The molecule has 2 atom stereocenters. The van der Waals surface area contributed by atoms with E-state index in [9.17, 15) is 9.59 Å². The highest BCUT2D eigenvalue weighted by atomic mass is 79.9. The lowest BCUT2D eigenvalue weighted by Gasteiger charge is -2.34. The van der Waals surface area contributed by atoms with Crippen LogP contribution in [-0.4, -0.2) is 41.6 Å². The minimum atomic E-state index is -0.779. The number of nitrogens with zero attached hydrogens (tertiary/aromatic N) is 1. The van der Waals surface area contributed by atoms with Gasteiger partial charge < -0.3 is 14.7 Å². The molecular formula is C15H18BrNO4. The first-order valence-electron chi connectivity index (χ1n) is 6.87. The number of carboxylic acids is 1. The van der Waals surface area contributed by atoms with Gasteiger partial charge in [0.15, 0.2) is 6.61 Å². The van der Waals surface area contributed by atoms with E-state index in [0.717, 1.165) is 4.47 Å². The molecule has 1 aliphatic rings. The smallest absolute Gasteiger partial charge is 0.306 e. The number of carbonyl (C=O) groups is 2. The molecule has 0 aliphatic carbocycles. The second-order valence-electron chi connectivity index (χ2n) is 5.27. The zero-order valence-electron chi connectivity index (χ0n) is 11.8. The van der Waals surface area contributed by atoms with Crippen LogP contribution in [0.5, 0.6) is 5.75 Å². The molecule has 1 heterocycles. The Balaban J connectivity index is 1.87. The number of amides is 1. The van der Waals surface area contributed by atoms with E-state index >= 15 is 0 Å². The van der Waals surface area contributed by atoms with Crippen molar-refractivity contribution in [2.75, 3.05) is 19.7 Å². The van der Waals surface area contributed by atoms with Gasteiger partial charge in [0.2, 0.25) is 0 Å².